The van der Waals surface area contributed by atoms with Crippen molar-refractivity contribution >= 4 is 0 Å². The summed E-state index contributed by atoms with van der Waals surface area (Å²) >= 11 is 2.82. The standard InChI is InChI=1S/C9H12O.Lu/c1-3-8-4-5-9(10)7(2)6-8;/h4-6,10H,3H2,1-2H3;/q;+1/p-1. The van der Waals surface area contributed by atoms with E-state index < -0.39 is 0 Å². The van der Waals surface area contributed by atoms with Crippen LogP contribution in [0.15, 0.2) is 18.2 Å². The number of rotatable bonds is 2. The number of benzene rings is 1. The number of aryl methyl sites for hydroxylation is 2. The summed E-state index contributed by atoms with van der Waals surface area (Å²) in [4.78, 5) is 0. The van der Waals surface area contributed by atoms with Gasteiger partial charge in [0.1, 0.15) is 0 Å². The zero-order valence-corrected chi connectivity index (χ0v) is 8.26. The molecule has 11 heavy (non-hydrogen) atoms. The van der Waals surface area contributed by atoms with E-state index >= 15 is 0 Å². The molecule has 1 rings (SSSR count). The first-order valence-electron chi connectivity index (χ1n) is 3.61. The van der Waals surface area contributed by atoms with Gasteiger partial charge in [0.05, 0.1) is 0 Å². The van der Waals surface area contributed by atoms with Crippen LogP contribution in [-0.2, 0) is 6.42 Å². The second kappa shape index (κ2) is 4.32. The van der Waals surface area contributed by atoms with Gasteiger partial charge >= 0.3 is 92.4 Å². The molecular weight excluding hydrogens is 299 g/mol. The van der Waals surface area contributed by atoms with Crippen LogP contribution in [0.1, 0.15) is 18.1 Å². The first-order chi connectivity index (χ1) is 5.27. The topological polar surface area (TPSA) is 9.23 Å². The van der Waals surface area contributed by atoms with Gasteiger partial charge in [0.15, 0.2) is 0 Å². The van der Waals surface area contributed by atoms with Gasteiger partial charge in [0.25, 0.3) is 0 Å². The molecule has 0 bridgehead atoms. The molecule has 0 atom stereocenters. The van der Waals surface area contributed by atoms with Crippen molar-refractivity contribution in [1.29, 1.82) is 0 Å². The summed E-state index contributed by atoms with van der Waals surface area (Å²) < 4.78 is 4.98. The molecule has 0 radical (unpaired) electrons. The van der Waals surface area contributed by atoms with Gasteiger partial charge in [-0.1, -0.05) is 0 Å². The molecule has 0 fully saturated rings. The molecule has 0 heterocycles. The first-order valence-corrected chi connectivity index (χ1v) is 4.28. The van der Waals surface area contributed by atoms with E-state index in [9.17, 15) is 0 Å². The van der Waals surface area contributed by atoms with Crippen LogP contribution in [-0.4, -0.2) is 0 Å². The normalized spacial score (nSPS) is 9.82. The van der Waals surface area contributed by atoms with Crippen LogP contribution in [0.25, 0.3) is 0 Å². The van der Waals surface area contributed by atoms with Crippen LogP contribution in [0.4, 0.5) is 0 Å². The molecular formula is C9H11LuO. The molecule has 0 saturated carbocycles. The molecule has 0 aliphatic rings. The van der Waals surface area contributed by atoms with Crippen molar-refractivity contribution in [2.45, 2.75) is 20.3 Å². The molecule has 0 aliphatic heterocycles. The average Bonchev–Trinajstić information content (AvgIpc) is 2.04. The van der Waals surface area contributed by atoms with Crippen molar-refractivity contribution in [3.63, 3.8) is 0 Å². The molecule has 1 aromatic rings. The molecule has 0 N–H and O–H groups in total. The minimum absolute atomic E-state index is 0.900. The van der Waals surface area contributed by atoms with Crippen LogP contribution < -0.4 is 1.55 Å². The van der Waals surface area contributed by atoms with Gasteiger partial charge in [-0.3, -0.25) is 0 Å². The summed E-state index contributed by atoms with van der Waals surface area (Å²) in [6, 6.07) is 6.20. The van der Waals surface area contributed by atoms with E-state index in [1.807, 2.05) is 13.0 Å². The summed E-state index contributed by atoms with van der Waals surface area (Å²) in [7, 11) is 0. The molecule has 1 aromatic carbocycles. The van der Waals surface area contributed by atoms with Crippen molar-refractivity contribution in [3.8, 4) is 5.75 Å². The van der Waals surface area contributed by atoms with Crippen LogP contribution in [0.5, 0.6) is 5.75 Å². The van der Waals surface area contributed by atoms with Gasteiger partial charge in [-0.2, -0.15) is 0 Å². The molecule has 1 nitrogen and oxygen atoms in total. The first kappa shape index (κ1) is 9.34. The third-order valence-corrected chi connectivity index (χ3v) is 2.07. The van der Waals surface area contributed by atoms with Crippen LogP contribution in [0.2, 0.25) is 0 Å². The molecule has 0 unspecified atom stereocenters. The molecule has 0 saturated heterocycles. The predicted octanol–water partition coefficient (Wildman–Crippen LogP) is 2.40. The summed E-state index contributed by atoms with van der Waals surface area (Å²) in [5.74, 6) is 0.900. The molecule has 0 amide bonds. The Bertz CT molecular complexity index is 245. The predicted molar refractivity (Wildman–Crippen MR) is 41.2 cm³/mol. The van der Waals surface area contributed by atoms with E-state index in [1.165, 1.54) is 11.1 Å². The van der Waals surface area contributed by atoms with Gasteiger partial charge in [-0.05, 0) is 0 Å². The second-order valence-corrected chi connectivity index (χ2v) is 2.84. The Morgan fingerprint density at radius 1 is 1.45 bits per heavy atom. The molecule has 0 aromatic heterocycles. The Morgan fingerprint density at radius 2 is 2.18 bits per heavy atom. The molecule has 68 valence electrons. The maximum atomic E-state index is 4.98. The van der Waals surface area contributed by atoms with Gasteiger partial charge in [-0.25, -0.2) is 0 Å². The maximum absolute atomic E-state index is 4.98. The van der Waals surface area contributed by atoms with E-state index in [-0.39, 0.29) is 0 Å². The van der Waals surface area contributed by atoms with Gasteiger partial charge in [0.2, 0.25) is 0 Å². The minimum atomic E-state index is 0.900. The van der Waals surface area contributed by atoms with E-state index in [0.717, 1.165) is 12.2 Å². The van der Waals surface area contributed by atoms with E-state index in [0.29, 0.717) is 0 Å². The Labute approximate surface area is 91.7 Å². The fraction of sp³-hybridized carbons (Fsp3) is 0.333. The van der Waals surface area contributed by atoms with Crippen molar-refractivity contribution in [2.75, 3.05) is 0 Å². The van der Waals surface area contributed by atoms with E-state index in [4.69, 9.17) is 1.55 Å². The van der Waals surface area contributed by atoms with Gasteiger partial charge in [-0.15, -0.1) is 0 Å². The zero-order chi connectivity index (χ0) is 8.27. The summed E-state index contributed by atoms with van der Waals surface area (Å²) in [6.07, 6.45) is 1.07. The van der Waals surface area contributed by atoms with Crippen molar-refractivity contribution in [3.05, 3.63) is 29.3 Å². The number of hydrogen-bond donors (Lipinski definition) is 0. The summed E-state index contributed by atoms with van der Waals surface area (Å²) in [5.41, 5.74) is 2.52. The Kier molecular flexibility index (Phi) is 3.67. The Balaban J connectivity index is 2.99. The zero-order valence-electron chi connectivity index (χ0n) is 6.61. The van der Waals surface area contributed by atoms with Crippen molar-refractivity contribution < 1.29 is 37.1 Å². The molecule has 0 spiro atoms. The SMILES string of the molecule is CCc1ccc([O][Lu])c(C)c1. The van der Waals surface area contributed by atoms with Crippen LogP contribution in [0, 0.1) is 42.4 Å². The van der Waals surface area contributed by atoms with Crippen LogP contribution >= 0.6 is 0 Å². The van der Waals surface area contributed by atoms with Crippen LogP contribution in [0.3, 0.4) is 0 Å². The third kappa shape index (κ3) is 2.35. The monoisotopic (exact) mass is 310 g/mol. The summed E-state index contributed by atoms with van der Waals surface area (Å²) in [6.45, 7) is 4.18. The van der Waals surface area contributed by atoms with E-state index in [2.05, 4.69) is 54.6 Å². The fourth-order valence-corrected chi connectivity index (χ4v) is 1.37. The third-order valence-electron chi connectivity index (χ3n) is 1.70. The average molecular weight is 310 g/mol. The van der Waals surface area contributed by atoms with Gasteiger partial charge < -0.3 is 0 Å². The van der Waals surface area contributed by atoms with Gasteiger partial charge in [0, 0.05) is 0 Å². The summed E-state index contributed by atoms with van der Waals surface area (Å²) in [5, 5.41) is 0. The molecule has 2 heteroatoms. The fourth-order valence-electron chi connectivity index (χ4n) is 0.991. The van der Waals surface area contributed by atoms with E-state index in [1.54, 1.807) is 0 Å². The second-order valence-electron chi connectivity index (χ2n) is 2.51. The quantitative estimate of drug-likeness (QED) is 0.815. The van der Waals surface area contributed by atoms with Crippen molar-refractivity contribution in [1.82, 2.24) is 0 Å². The Morgan fingerprint density at radius 3 is 2.64 bits per heavy atom. The van der Waals surface area contributed by atoms with Crippen molar-refractivity contribution in [2.24, 2.45) is 0 Å². The molecule has 0 aliphatic carbocycles. The number of hydrogen-bond acceptors (Lipinski definition) is 1. The Hall–Kier alpha value is 0.254.